The largest absolute Gasteiger partial charge is 0.416 e. The average Bonchev–Trinajstić information content (AvgIpc) is 2.90. The molecule has 3 aliphatic rings. The number of benzene rings is 1. The molecule has 1 aromatic carbocycles. The average molecular weight is 423 g/mol. The molecule has 1 amide bonds. The minimum Gasteiger partial charge on any atom is -0.339 e. The summed E-state index contributed by atoms with van der Waals surface area (Å²) in [5, 5.41) is 0. The number of hydrogen-bond acceptors (Lipinski definition) is 2. The van der Waals surface area contributed by atoms with Crippen LogP contribution in [-0.2, 0) is 17.5 Å². The first-order valence-electron chi connectivity index (χ1n) is 11.1. The van der Waals surface area contributed by atoms with Crippen LogP contribution in [0.15, 0.2) is 24.3 Å². The fourth-order valence-electron chi connectivity index (χ4n) is 6.35. The summed E-state index contributed by atoms with van der Waals surface area (Å²) in [5.41, 5.74) is 0.836. The van der Waals surface area contributed by atoms with E-state index in [1.807, 2.05) is 0 Å². The van der Waals surface area contributed by atoms with Crippen molar-refractivity contribution in [2.24, 2.45) is 16.7 Å². The van der Waals surface area contributed by atoms with E-state index in [4.69, 9.17) is 0 Å². The van der Waals surface area contributed by atoms with Crippen LogP contribution in [0.4, 0.5) is 13.2 Å². The Labute approximate surface area is 177 Å². The SMILES string of the molecule is CC1(C)CC2CC(C)(CN2C(=O)C2CCN(Cc3ccc(C(F)(F)F)cc3)CC2)C1. The number of likely N-dealkylation sites (tertiary alicyclic amines) is 2. The Morgan fingerprint density at radius 2 is 1.70 bits per heavy atom. The normalized spacial score (nSPS) is 29.9. The van der Waals surface area contributed by atoms with Crippen LogP contribution in [0.3, 0.4) is 0 Å². The summed E-state index contributed by atoms with van der Waals surface area (Å²) < 4.78 is 38.2. The number of amides is 1. The number of nitrogens with zero attached hydrogens (tertiary/aromatic N) is 2. The molecule has 1 aliphatic carbocycles. The lowest BCUT2D eigenvalue weighted by atomic mass is 9.65. The molecule has 30 heavy (non-hydrogen) atoms. The van der Waals surface area contributed by atoms with E-state index in [2.05, 4.69) is 30.6 Å². The maximum Gasteiger partial charge on any atom is 0.416 e. The Balaban J connectivity index is 1.31. The van der Waals surface area contributed by atoms with Crippen LogP contribution in [-0.4, -0.2) is 41.4 Å². The molecule has 1 saturated carbocycles. The summed E-state index contributed by atoms with van der Waals surface area (Å²) in [6.07, 6.45) is 0.797. The van der Waals surface area contributed by atoms with Gasteiger partial charge in [0.25, 0.3) is 0 Å². The highest BCUT2D eigenvalue weighted by Crippen LogP contribution is 2.52. The Kier molecular flexibility index (Phi) is 5.44. The molecule has 2 bridgehead atoms. The number of alkyl halides is 3. The van der Waals surface area contributed by atoms with Gasteiger partial charge in [0, 0.05) is 25.0 Å². The van der Waals surface area contributed by atoms with E-state index >= 15 is 0 Å². The highest BCUT2D eigenvalue weighted by Gasteiger charge is 2.51. The molecule has 2 heterocycles. The minimum atomic E-state index is -4.29. The van der Waals surface area contributed by atoms with Crippen molar-refractivity contribution in [3.05, 3.63) is 35.4 Å². The van der Waals surface area contributed by atoms with Gasteiger partial charge in [-0.25, -0.2) is 0 Å². The van der Waals surface area contributed by atoms with Gasteiger partial charge >= 0.3 is 6.18 Å². The van der Waals surface area contributed by atoms with Crippen molar-refractivity contribution in [3.63, 3.8) is 0 Å². The van der Waals surface area contributed by atoms with Gasteiger partial charge in [-0.1, -0.05) is 32.9 Å². The lowest BCUT2D eigenvalue weighted by Gasteiger charge is -2.40. The van der Waals surface area contributed by atoms with Crippen LogP contribution in [0.5, 0.6) is 0 Å². The second kappa shape index (κ2) is 7.54. The molecule has 2 unspecified atom stereocenters. The van der Waals surface area contributed by atoms with Crippen molar-refractivity contribution in [2.45, 2.75) is 71.6 Å². The lowest BCUT2D eigenvalue weighted by molar-refractivity contribution is -0.138. The molecule has 0 aromatic heterocycles. The molecule has 0 radical (unpaired) electrons. The summed E-state index contributed by atoms with van der Waals surface area (Å²) in [7, 11) is 0. The summed E-state index contributed by atoms with van der Waals surface area (Å²) >= 11 is 0. The zero-order valence-electron chi connectivity index (χ0n) is 18.3. The summed E-state index contributed by atoms with van der Waals surface area (Å²) in [4.78, 5) is 17.7. The number of fused-ring (bicyclic) bond motifs is 2. The molecule has 4 rings (SSSR count). The van der Waals surface area contributed by atoms with Crippen molar-refractivity contribution in [2.75, 3.05) is 19.6 Å². The molecule has 1 aromatic rings. The molecule has 2 atom stereocenters. The maximum absolute atomic E-state index is 13.3. The molecule has 3 fully saturated rings. The van der Waals surface area contributed by atoms with E-state index in [1.165, 1.54) is 6.42 Å². The van der Waals surface area contributed by atoms with Gasteiger partial charge in [-0.2, -0.15) is 13.2 Å². The third kappa shape index (κ3) is 4.53. The molecule has 0 N–H and O–H groups in total. The van der Waals surface area contributed by atoms with Crippen molar-refractivity contribution < 1.29 is 18.0 Å². The van der Waals surface area contributed by atoms with Gasteiger partial charge in [-0.15, -0.1) is 0 Å². The number of halogens is 3. The number of carbonyl (C=O) groups excluding carboxylic acids is 1. The van der Waals surface area contributed by atoms with Crippen LogP contribution >= 0.6 is 0 Å². The lowest BCUT2D eigenvalue weighted by Crippen LogP contribution is -2.44. The Bertz CT molecular complexity index is 781. The third-order valence-electron chi connectivity index (χ3n) is 7.32. The fourth-order valence-corrected chi connectivity index (χ4v) is 6.35. The van der Waals surface area contributed by atoms with Gasteiger partial charge < -0.3 is 4.90 Å². The summed E-state index contributed by atoms with van der Waals surface area (Å²) in [6.45, 7) is 10.2. The monoisotopic (exact) mass is 422 g/mol. The Hall–Kier alpha value is -1.56. The standard InChI is InChI=1S/C24H33F3N2O/c1-22(2)12-20-13-23(3,15-22)16-29(20)21(30)18-8-10-28(11-9-18)14-17-4-6-19(7-5-17)24(25,26)27/h4-7,18,20H,8-16H2,1-3H3. The smallest absolute Gasteiger partial charge is 0.339 e. The van der Waals surface area contributed by atoms with Gasteiger partial charge in [0.1, 0.15) is 0 Å². The molecule has 2 aliphatic heterocycles. The van der Waals surface area contributed by atoms with E-state index < -0.39 is 11.7 Å². The second-order valence-electron chi connectivity index (χ2n) is 10.9. The van der Waals surface area contributed by atoms with Crippen LogP contribution in [0.25, 0.3) is 0 Å². The van der Waals surface area contributed by atoms with E-state index in [1.54, 1.807) is 12.1 Å². The predicted molar refractivity (Wildman–Crippen MR) is 111 cm³/mol. The highest BCUT2D eigenvalue weighted by molar-refractivity contribution is 5.79. The van der Waals surface area contributed by atoms with Crippen LogP contribution in [0, 0.1) is 16.7 Å². The molecule has 3 nitrogen and oxygen atoms in total. The molecule has 6 heteroatoms. The van der Waals surface area contributed by atoms with Gasteiger partial charge in [0.2, 0.25) is 5.91 Å². The molecule has 2 saturated heterocycles. The van der Waals surface area contributed by atoms with Crippen LogP contribution in [0.2, 0.25) is 0 Å². The predicted octanol–water partition coefficient (Wildman–Crippen LogP) is 5.34. The Morgan fingerprint density at radius 3 is 2.30 bits per heavy atom. The van der Waals surface area contributed by atoms with Crippen LogP contribution in [0.1, 0.15) is 64.0 Å². The fraction of sp³-hybridized carbons (Fsp3) is 0.708. The quantitative estimate of drug-likeness (QED) is 0.656. The minimum absolute atomic E-state index is 0.0833. The van der Waals surface area contributed by atoms with E-state index in [0.29, 0.717) is 23.9 Å². The zero-order chi connectivity index (χ0) is 21.7. The van der Waals surface area contributed by atoms with Crippen molar-refractivity contribution in [3.8, 4) is 0 Å². The molecule has 0 spiro atoms. The highest BCUT2D eigenvalue weighted by atomic mass is 19.4. The number of piperidine rings is 1. The van der Waals surface area contributed by atoms with E-state index in [0.717, 1.165) is 63.0 Å². The van der Waals surface area contributed by atoms with Gasteiger partial charge in [0.15, 0.2) is 0 Å². The van der Waals surface area contributed by atoms with Crippen molar-refractivity contribution >= 4 is 5.91 Å². The van der Waals surface area contributed by atoms with Crippen LogP contribution < -0.4 is 0 Å². The zero-order valence-corrected chi connectivity index (χ0v) is 18.3. The van der Waals surface area contributed by atoms with Gasteiger partial charge in [-0.3, -0.25) is 9.69 Å². The summed E-state index contributed by atoms with van der Waals surface area (Å²) in [6, 6.07) is 5.81. The van der Waals surface area contributed by atoms with Gasteiger partial charge in [-0.05, 0) is 73.7 Å². The maximum atomic E-state index is 13.3. The number of rotatable bonds is 3. The molecular weight excluding hydrogens is 389 g/mol. The molecular formula is C24H33F3N2O. The van der Waals surface area contributed by atoms with Crippen molar-refractivity contribution in [1.82, 2.24) is 9.80 Å². The Morgan fingerprint density at radius 1 is 1.07 bits per heavy atom. The first kappa shape index (κ1) is 21.7. The van der Waals surface area contributed by atoms with E-state index in [9.17, 15) is 18.0 Å². The van der Waals surface area contributed by atoms with Gasteiger partial charge in [0.05, 0.1) is 5.56 Å². The second-order valence-corrected chi connectivity index (χ2v) is 10.9. The number of hydrogen-bond donors (Lipinski definition) is 0. The number of carbonyl (C=O) groups is 1. The molecule has 166 valence electrons. The van der Waals surface area contributed by atoms with E-state index in [-0.39, 0.29) is 11.3 Å². The topological polar surface area (TPSA) is 23.6 Å². The summed E-state index contributed by atoms with van der Waals surface area (Å²) in [5.74, 6) is 0.413. The third-order valence-corrected chi connectivity index (χ3v) is 7.32. The first-order chi connectivity index (χ1) is 13.9. The first-order valence-corrected chi connectivity index (χ1v) is 11.1. The van der Waals surface area contributed by atoms with Crippen molar-refractivity contribution in [1.29, 1.82) is 0 Å².